The van der Waals surface area contributed by atoms with Gasteiger partial charge in [0.25, 0.3) is 0 Å². The third-order valence-electron chi connectivity index (χ3n) is 4.48. The highest BCUT2D eigenvalue weighted by Crippen LogP contribution is 2.28. The van der Waals surface area contributed by atoms with Gasteiger partial charge in [0.1, 0.15) is 0 Å². The molecule has 0 saturated carbocycles. The van der Waals surface area contributed by atoms with Crippen molar-refractivity contribution in [3.8, 4) is 0 Å². The summed E-state index contributed by atoms with van der Waals surface area (Å²) in [5.74, 6) is 0. The Morgan fingerprint density at radius 1 is 1.20 bits per heavy atom. The van der Waals surface area contributed by atoms with Crippen LogP contribution in [0.2, 0.25) is 0 Å². The van der Waals surface area contributed by atoms with Crippen LogP contribution in [0.5, 0.6) is 0 Å². The maximum absolute atomic E-state index is 6.17. The first kappa shape index (κ1) is 17.9. The fourth-order valence-electron chi connectivity index (χ4n) is 3.07. The van der Waals surface area contributed by atoms with Gasteiger partial charge in [0.2, 0.25) is 0 Å². The smallest absolute Gasteiger partial charge is 0.0589 e. The van der Waals surface area contributed by atoms with E-state index in [0.29, 0.717) is 12.6 Å². The van der Waals surface area contributed by atoms with Crippen LogP contribution in [-0.4, -0.2) is 81.5 Å². The van der Waals surface area contributed by atoms with Gasteiger partial charge in [-0.1, -0.05) is 0 Å². The minimum atomic E-state index is 0.108. The predicted molar refractivity (Wildman–Crippen MR) is 83.1 cm³/mol. The molecule has 0 amide bonds. The summed E-state index contributed by atoms with van der Waals surface area (Å²) in [5.41, 5.74) is 6.28. The van der Waals surface area contributed by atoms with E-state index in [1.807, 2.05) is 0 Å². The molecular weight excluding hydrogens is 254 g/mol. The average Bonchev–Trinajstić information content (AvgIpc) is 2.88. The predicted octanol–water partition coefficient (Wildman–Crippen LogP) is 0.783. The van der Waals surface area contributed by atoms with Crippen LogP contribution in [0.25, 0.3) is 0 Å². The highest BCUT2D eigenvalue weighted by Gasteiger charge is 2.42. The van der Waals surface area contributed by atoms with Gasteiger partial charge in [0, 0.05) is 65.1 Å². The Labute approximate surface area is 124 Å². The second kappa shape index (κ2) is 8.95. The van der Waals surface area contributed by atoms with Gasteiger partial charge in [0.15, 0.2) is 0 Å². The van der Waals surface area contributed by atoms with Gasteiger partial charge in [-0.3, -0.25) is 9.80 Å². The van der Waals surface area contributed by atoms with Crippen molar-refractivity contribution in [1.82, 2.24) is 9.80 Å². The van der Waals surface area contributed by atoms with Gasteiger partial charge in [-0.05, 0) is 26.7 Å². The Hall–Kier alpha value is -0.200. The van der Waals surface area contributed by atoms with Crippen molar-refractivity contribution in [1.29, 1.82) is 0 Å². The zero-order valence-corrected chi connectivity index (χ0v) is 13.7. The summed E-state index contributed by atoms with van der Waals surface area (Å²) >= 11 is 0. The topological polar surface area (TPSA) is 51.0 Å². The van der Waals surface area contributed by atoms with E-state index >= 15 is 0 Å². The largest absolute Gasteiger partial charge is 0.385 e. The second-order valence-corrected chi connectivity index (χ2v) is 6.07. The highest BCUT2D eigenvalue weighted by molar-refractivity contribution is 5.00. The van der Waals surface area contributed by atoms with E-state index in [2.05, 4.69) is 23.6 Å². The molecule has 0 aromatic carbocycles. The summed E-state index contributed by atoms with van der Waals surface area (Å²) in [6.45, 7) is 11.0. The molecular formula is C15H33N3O2. The molecule has 5 heteroatoms. The molecule has 1 heterocycles. The summed E-state index contributed by atoms with van der Waals surface area (Å²) in [5, 5.41) is 0. The number of hydrogen-bond acceptors (Lipinski definition) is 5. The SMILES string of the molecule is COCCCN(CCOC)C1(CN)CCN(C(C)C)C1. The van der Waals surface area contributed by atoms with Crippen LogP contribution in [0.4, 0.5) is 0 Å². The third-order valence-corrected chi connectivity index (χ3v) is 4.48. The molecule has 0 aromatic rings. The maximum Gasteiger partial charge on any atom is 0.0589 e. The zero-order chi connectivity index (χ0) is 15.0. The Bertz CT molecular complexity index is 264. The molecule has 1 aliphatic heterocycles. The van der Waals surface area contributed by atoms with Crippen molar-refractivity contribution < 1.29 is 9.47 Å². The number of nitrogens with zero attached hydrogens (tertiary/aromatic N) is 2. The minimum Gasteiger partial charge on any atom is -0.385 e. The summed E-state index contributed by atoms with van der Waals surface area (Å²) in [7, 11) is 3.52. The number of hydrogen-bond donors (Lipinski definition) is 1. The number of ether oxygens (including phenoxy) is 2. The second-order valence-electron chi connectivity index (χ2n) is 6.07. The van der Waals surface area contributed by atoms with Crippen LogP contribution in [0.3, 0.4) is 0 Å². The Morgan fingerprint density at radius 2 is 1.90 bits per heavy atom. The van der Waals surface area contributed by atoms with Crippen molar-refractivity contribution in [3.63, 3.8) is 0 Å². The molecule has 0 aliphatic carbocycles. The van der Waals surface area contributed by atoms with Crippen LogP contribution in [0, 0.1) is 0 Å². The molecule has 0 bridgehead atoms. The highest BCUT2D eigenvalue weighted by atomic mass is 16.5. The quantitative estimate of drug-likeness (QED) is 0.602. The Morgan fingerprint density at radius 3 is 2.40 bits per heavy atom. The van der Waals surface area contributed by atoms with Crippen LogP contribution in [0.15, 0.2) is 0 Å². The molecule has 1 rings (SSSR count). The zero-order valence-electron chi connectivity index (χ0n) is 13.7. The molecule has 1 unspecified atom stereocenters. The molecule has 1 atom stereocenters. The lowest BCUT2D eigenvalue weighted by Gasteiger charge is -2.41. The molecule has 120 valence electrons. The van der Waals surface area contributed by atoms with E-state index in [4.69, 9.17) is 15.2 Å². The fraction of sp³-hybridized carbons (Fsp3) is 1.00. The number of likely N-dealkylation sites (tertiary alicyclic amines) is 1. The van der Waals surface area contributed by atoms with Gasteiger partial charge >= 0.3 is 0 Å². The minimum absolute atomic E-state index is 0.108. The van der Waals surface area contributed by atoms with E-state index in [0.717, 1.165) is 52.2 Å². The normalized spacial score (nSPS) is 24.1. The van der Waals surface area contributed by atoms with Crippen LogP contribution in [-0.2, 0) is 9.47 Å². The molecule has 1 fully saturated rings. The van der Waals surface area contributed by atoms with E-state index < -0.39 is 0 Å². The fourth-order valence-corrected chi connectivity index (χ4v) is 3.07. The lowest BCUT2D eigenvalue weighted by atomic mass is 9.95. The summed E-state index contributed by atoms with van der Waals surface area (Å²) in [4.78, 5) is 5.06. The van der Waals surface area contributed by atoms with Gasteiger partial charge < -0.3 is 15.2 Å². The monoisotopic (exact) mass is 287 g/mol. The third kappa shape index (κ3) is 4.67. The van der Waals surface area contributed by atoms with E-state index in [1.54, 1.807) is 14.2 Å². The lowest BCUT2D eigenvalue weighted by Crippen LogP contribution is -2.57. The molecule has 0 spiro atoms. The van der Waals surface area contributed by atoms with Gasteiger partial charge in [-0.15, -0.1) is 0 Å². The van der Waals surface area contributed by atoms with Crippen molar-refractivity contribution in [2.45, 2.75) is 38.3 Å². The lowest BCUT2D eigenvalue weighted by molar-refractivity contribution is 0.0532. The van der Waals surface area contributed by atoms with Crippen LogP contribution >= 0.6 is 0 Å². The number of methoxy groups -OCH3 is 2. The summed E-state index contributed by atoms with van der Waals surface area (Å²) in [6.07, 6.45) is 2.20. The summed E-state index contributed by atoms with van der Waals surface area (Å²) in [6, 6.07) is 0.590. The van der Waals surface area contributed by atoms with Crippen molar-refractivity contribution in [2.24, 2.45) is 5.73 Å². The van der Waals surface area contributed by atoms with Crippen molar-refractivity contribution >= 4 is 0 Å². The van der Waals surface area contributed by atoms with E-state index in [9.17, 15) is 0 Å². The Balaban J connectivity index is 2.68. The summed E-state index contributed by atoms with van der Waals surface area (Å²) < 4.78 is 10.5. The molecule has 20 heavy (non-hydrogen) atoms. The number of rotatable bonds is 10. The van der Waals surface area contributed by atoms with Crippen molar-refractivity contribution in [3.05, 3.63) is 0 Å². The molecule has 0 aromatic heterocycles. The molecule has 1 saturated heterocycles. The standard InChI is InChI=1S/C15H33N3O2/c1-14(2)17-8-6-15(12-16,13-17)18(9-11-20-4)7-5-10-19-3/h14H,5-13,16H2,1-4H3. The maximum atomic E-state index is 6.17. The first-order chi connectivity index (χ1) is 9.59. The first-order valence-electron chi connectivity index (χ1n) is 7.76. The van der Waals surface area contributed by atoms with E-state index in [1.165, 1.54) is 0 Å². The van der Waals surface area contributed by atoms with Gasteiger partial charge in [0.05, 0.1) is 6.61 Å². The van der Waals surface area contributed by atoms with Crippen LogP contribution < -0.4 is 5.73 Å². The average molecular weight is 287 g/mol. The van der Waals surface area contributed by atoms with Crippen molar-refractivity contribution in [2.75, 3.05) is 60.2 Å². The molecule has 1 aliphatic rings. The van der Waals surface area contributed by atoms with Crippen LogP contribution in [0.1, 0.15) is 26.7 Å². The Kier molecular flexibility index (Phi) is 7.99. The van der Waals surface area contributed by atoms with E-state index in [-0.39, 0.29) is 5.54 Å². The van der Waals surface area contributed by atoms with Gasteiger partial charge in [-0.2, -0.15) is 0 Å². The molecule has 5 nitrogen and oxygen atoms in total. The molecule has 0 radical (unpaired) electrons. The van der Waals surface area contributed by atoms with Gasteiger partial charge in [-0.25, -0.2) is 0 Å². The number of nitrogens with two attached hydrogens (primary N) is 1. The molecule has 2 N–H and O–H groups in total. The first-order valence-corrected chi connectivity index (χ1v) is 7.76.